The van der Waals surface area contributed by atoms with E-state index < -0.39 is 0 Å². The second-order valence-corrected chi connectivity index (χ2v) is 2.24. The molecule has 0 rings (SSSR count). The number of nitrogens with zero attached hydrogens (tertiary/aromatic N) is 1. The van der Waals surface area contributed by atoms with Gasteiger partial charge in [0.1, 0.15) is 0 Å². The molecule has 2 N–H and O–H groups in total. The lowest BCUT2D eigenvalue weighted by atomic mass is 10.4. The third-order valence-corrected chi connectivity index (χ3v) is 0.802. The Hall–Kier alpha value is -0.760. The van der Waals surface area contributed by atoms with E-state index >= 15 is 0 Å². The summed E-state index contributed by atoms with van der Waals surface area (Å²) in [6.45, 7) is 4.44. The monoisotopic (exact) mass is 126 g/mol. The molecule has 0 saturated carbocycles. The van der Waals surface area contributed by atoms with Crippen molar-refractivity contribution in [2.45, 2.75) is 0 Å². The highest BCUT2D eigenvalue weighted by Crippen LogP contribution is 1.81. The van der Waals surface area contributed by atoms with Gasteiger partial charge in [0.15, 0.2) is 0 Å². The summed E-state index contributed by atoms with van der Waals surface area (Å²) in [6, 6.07) is 0. The van der Waals surface area contributed by atoms with Crippen LogP contribution >= 0.6 is 0 Å². The first-order valence-electron chi connectivity index (χ1n) is 2.88. The van der Waals surface area contributed by atoms with Crippen molar-refractivity contribution >= 4 is 0 Å². The SMILES string of the molecule is C=C(N)/C=C\CN(C)C. The zero-order valence-electron chi connectivity index (χ0n) is 6.09. The Kier molecular flexibility index (Phi) is 3.80. The minimum atomic E-state index is 0.608. The van der Waals surface area contributed by atoms with Gasteiger partial charge in [-0.2, -0.15) is 0 Å². The largest absolute Gasteiger partial charge is 0.399 e. The van der Waals surface area contributed by atoms with Gasteiger partial charge in [0.25, 0.3) is 0 Å². The van der Waals surface area contributed by atoms with Crippen molar-refractivity contribution in [3.05, 3.63) is 24.4 Å². The summed E-state index contributed by atoms with van der Waals surface area (Å²) in [5.74, 6) is 0. The Morgan fingerprint density at radius 2 is 2.22 bits per heavy atom. The Bertz CT molecular complexity index is 114. The van der Waals surface area contributed by atoms with Gasteiger partial charge in [-0.3, -0.25) is 0 Å². The molecule has 2 nitrogen and oxygen atoms in total. The Balaban J connectivity index is 3.36. The van der Waals surface area contributed by atoms with E-state index in [0.29, 0.717) is 5.70 Å². The van der Waals surface area contributed by atoms with Crippen LogP contribution in [0.5, 0.6) is 0 Å². The van der Waals surface area contributed by atoms with Crippen LogP contribution in [0.2, 0.25) is 0 Å². The molecule has 0 saturated heterocycles. The molecule has 0 aromatic heterocycles. The molecule has 0 aliphatic heterocycles. The van der Waals surface area contributed by atoms with Gasteiger partial charge in [0, 0.05) is 12.2 Å². The number of likely N-dealkylation sites (N-methyl/N-ethyl adjacent to an activating group) is 1. The molecule has 52 valence electrons. The van der Waals surface area contributed by atoms with E-state index in [1.807, 2.05) is 20.2 Å². The minimum Gasteiger partial charge on any atom is -0.399 e. The summed E-state index contributed by atoms with van der Waals surface area (Å²) >= 11 is 0. The Morgan fingerprint density at radius 3 is 2.56 bits per heavy atom. The Labute approximate surface area is 56.6 Å². The average molecular weight is 126 g/mol. The zero-order chi connectivity index (χ0) is 7.28. The topological polar surface area (TPSA) is 29.3 Å². The first-order chi connectivity index (χ1) is 4.13. The fraction of sp³-hybridized carbons (Fsp3) is 0.429. The predicted molar refractivity (Wildman–Crippen MR) is 41.0 cm³/mol. The van der Waals surface area contributed by atoms with Crippen LogP contribution in [-0.4, -0.2) is 25.5 Å². The summed E-state index contributed by atoms with van der Waals surface area (Å²) in [6.07, 6.45) is 3.78. The van der Waals surface area contributed by atoms with E-state index in [0.717, 1.165) is 6.54 Å². The maximum absolute atomic E-state index is 5.28. The predicted octanol–water partition coefficient (Wildman–Crippen LogP) is 0.577. The third kappa shape index (κ3) is 7.24. The van der Waals surface area contributed by atoms with Gasteiger partial charge in [0.2, 0.25) is 0 Å². The summed E-state index contributed by atoms with van der Waals surface area (Å²) < 4.78 is 0. The molecule has 0 radical (unpaired) electrons. The molecule has 0 aliphatic rings. The molecule has 0 bridgehead atoms. The van der Waals surface area contributed by atoms with Crippen molar-refractivity contribution in [1.82, 2.24) is 4.90 Å². The van der Waals surface area contributed by atoms with Gasteiger partial charge in [-0.1, -0.05) is 12.7 Å². The van der Waals surface area contributed by atoms with Crippen LogP contribution in [0.15, 0.2) is 24.4 Å². The van der Waals surface area contributed by atoms with E-state index in [-0.39, 0.29) is 0 Å². The van der Waals surface area contributed by atoms with Gasteiger partial charge in [0.05, 0.1) is 0 Å². The van der Waals surface area contributed by atoms with Gasteiger partial charge in [-0.25, -0.2) is 0 Å². The second-order valence-electron chi connectivity index (χ2n) is 2.24. The fourth-order valence-electron chi connectivity index (χ4n) is 0.415. The second kappa shape index (κ2) is 4.15. The van der Waals surface area contributed by atoms with E-state index in [2.05, 4.69) is 11.5 Å². The minimum absolute atomic E-state index is 0.608. The smallest absolute Gasteiger partial charge is 0.0238 e. The van der Waals surface area contributed by atoms with E-state index in [1.54, 1.807) is 6.08 Å². The average Bonchev–Trinajstić information content (AvgIpc) is 1.63. The molecule has 0 unspecified atom stereocenters. The summed E-state index contributed by atoms with van der Waals surface area (Å²) in [5, 5.41) is 0. The fourth-order valence-corrected chi connectivity index (χ4v) is 0.415. The molecule has 0 aromatic carbocycles. The van der Waals surface area contributed by atoms with Crippen molar-refractivity contribution in [1.29, 1.82) is 0 Å². The highest BCUT2D eigenvalue weighted by molar-refractivity contribution is 5.09. The molecule has 0 amide bonds. The van der Waals surface area contributed by atoms with Crippen LogP contribution in [0.25, 0.3) is 0 Å². The van der Waals surface area contributed by atoms with Gasteiger partial charge >= 0.3 is 0 Å². The molecule has 0 fully saturated rings. The molecule has 9 heavy (non-hydrogen) atoms. The summed E-state index contributed by atoms with van der Waals surface area (Å²) in [7, 11) is 4.01. The molecular weight excluding hydrogens is 112 g/mol. The molecule has 0 atom stereocenters. The van der Waals surface area contributed by atoms with Gasteiger partial charge in [-0.15, -0.1) is 0 Å². The number of nitrogens with two attached hydrogens (primary N) is 1. The molecule has 0 aromatic rings. The highest BCUT2D eigenvalue weighted by atomic mass is 15.0. The van der Waals surface area contributed by atoms with Gasteiger partial charge in [-0.05, 0) is 20.2 Å². The van der Waals surface area contributed by atoms with Crippen molar-refractivity contribution < 1.29 is 0 Å². The van der Waals surface area contributed by atoms with Crippen molar-refractivity contribution in [2.75, 3.05) is 20.6 Å². The van der Waals surface area contributed by atoms with Crippen LogP contribution < -0.4 is 5.73 Å². The van der Waals surface area contributed by atoms with Crippen LogP contribution in [0.1, 0.15) is 0 Å². The van der Waals surface area contributed by atoms with Crippen LogP contribution in [0.4, 0.5) is 0 Å². The maximum Gasteiger partial charge on any atom is 0.0238 e. The molecule has 0 heterocycles. The van der Waals surface area contributed by atoms with Crippen molar-refractivity contribution in [2.24, 2.45) is 5.73 Å². The molecule has 2 heteroatoms. The Morgan fingerprint density at radius 1 is 1.67 bits per heavy atom. The lowest BCUT2D eigenvalue weighted by molar-refractivity contribution is 0.456. The van der Waals surface area contributed by atoms with E-state index in [1.165, 1.54) is 0 Å². The lowest BCUT2D eigenvalue weighted by Crippen LogP contribution is -2.10. The zero-order valence-corrected chi connectivity index (χ0v) is 6.09. The standard InChI is InChI=1S/C7H14N2/c1-7(8)5-4-6-9(2)3/h4-5H,1,6,8H2,2-3H3/b5-4-. The van der Waals surface area contributed by atoms with Crippen molar-refractivity contribution in [3.63, 3.8) is 0 Å². The van der Waals surface area contributed by atoms with Gasteiger partial charge < -0.3 is 10.6 Å². The molecule has 0 spiro atoms. The van der Waals surface area contributed by atoms with Crippen LogP contribution in [0, 0.1) is 0 Å². The number of hydrogen-bond donors (Lipinski definition) is 1. The quantitative estimate of drug-likeness (QED) is 0.560. The van der Waals surface area contributed by atoms with E-state index in [4.69, 9.17) is 5.73 Å². The first kappa shape index (κ1) is 8.24. The number of rotatable bonds is 3. The number of hydrogen-bond acceptors (Lipinski definition) is 2. The summed E-state index contributed by atoms with van der Waals surface area (Å²) in [4.78, 5) is 2.06. The van der Waals surface area contributed by atoms with Crippen LogP contribution in [0.3, 0.4) is 0 Å². The normalized spacial score (nSPS) is 11.0. The molecular formula is C7H14N2. The lowest BCUT2D eigenvalue weighted by Gasteiger charge is -2.02. The highest BCUT2D eigenvalue weighted by Gasteiger charge is 1.80. The van der Waals surface area contributed by atoms with Crippen molar-refractivity contribution in [3.8, 4) is 0 Å². The maximum atomic E-state index is 5.28. The summed E-state index contributed by atoms with van der Waals surface area (Å²) in [5.41, 5.74) is 5.89. The molecule has 0 aliphatic carbocycles. The third-order valence-electron chi connectivity index (χ3n) is 0.802. The van der Waals surface area contributed by atoms with E-state index in [9.17, 15) is 0 Å². The first-order valence-corrected chi connectivity index (χ1v) is 2.88. The van der Waals surface area contributed by atoms with Crippen LogP contribution in [-0.2, 0) is 0 Å². The number of allylic oxidation sites excluding steroid dienone is 1.